The van der Waals surface area contributed by atoms with E-state index in [1.165, 1.54) is 5.56 Å². The predicted molar refractivity (Wildman–Crippen MR) is 73.9 cm³/mol. The van der Waals surface area contributed by atoms with Crippen molar-refractivity contribution in [3.05, 3.63) is 29.3 Å². The maximum absolute atomic E-state index is 8.76. The lowest BCUT2D eigenvalue weighted by atomic mass is 10.1. The largest absolute Gasteiger partial charge is 0.409 e. The minimum atomic E-state index is 0.177. The Morgan fingerprint density at radius 3 is 2.82 bits per heavy atom. The quantitative estimate of drug-likeness (QED) is 0.278. The highest BCUT2D eigenvalue weighted by molar-refractivity contribution is 7.99. The Kier molecular flexibility index (Phi) is 5.35. The molecule has 0 heterocycles. The zero-order chi connectivity index (χ0) is 12.8. The van der Waals surface area contributed by atoms with Crippen LogP contribution in [0.1, 0.15) is 31.4 Å². The Bertz CT molecular complexity index is 404. The van der Waals surface area contributed by atoms with E-state index in [-0.39, 0.29) is 5.84 Å². The Balaban J connectivity index is 2.91. The second-order valence-corrected chi connectivity index (χ2v) is 5.37. The maximum atomic E-state index is 8.76. The Morgan fingerprint density at radius 2 is 2.24 bits per heavy atom. The molecular weight excluding hydrogens is 232 g/mol. The molecule has 0 amide bonds. The molecule has 1 unspecified atom stereocenters. The molecule has 0 saturated carbocycles. The third-order valence-corrected chi connectivity index (χ3v) is 4.13. The van der Waals surface area contributed by atoms with Crippen LogP contribution < -0.4 is 5.73 Å². The van der Waals surface area contributed by atoms with Crippen molar-refractivity contribution in [2.75, 3.05) is 5.75 Å². The number of oxime groups is 1. The summed E-state index contributed by atoms with van der Waals surface area (Å²) in [6, 6.07) is 5.96. The molecule has 3 N–H and O–H groups in total. The number of nitrogens with two attached hydrogens (primary N) is 1. The molecule has 0 fully saturated rings. The van der Waals surface area contributed by atoms with Crippen LogP contribution in [0.4, 0.5) is 0 Å². The van der Waals surface area contributed by atoms with Gasteiger partial charge in [-0.3, -0.25) is 0 Å². The molecule has 0 bridgehead atoms. The molecule has 17 heavy (non-hydrogen) atoms. The van der Waals surface area contributed by atoms with Gasteiger partial charge in [-0.25, -0.2) is 0 Å². The van der Waals surface area contributed by atoms with Crippen molar-refractivity contribution < 1.29 is 5.21 Å². The molecule has 0 spiro atoms. The summed E-state index contributed by atoms with van der Waals surface area (Å²) < 4.78 is 0. The number of thioether (sulfide) groups is 1. The van der Waals surface area contributed by atoms with Gasteiger partial charge in [0.2, 0.25) is 0 Å². The summed E-state index contributed by atoms with van der Waals surface area (Å²) in [6.45, 7) is 6.46. The molecule has 4 heteroatoms. The van der Waals surface area contributed by atoms with E-state index >= 15 is 0 Å². The molecule has 1 aromatic carbocycles. The molecular formula is C13H20N2OS. The third-order valence-electron chi connectivity index (χ3n) is 2.74. The van der Waals surface area contributed by atoms with Crippen LogP contribution >= 0.6 is 11.8 Å². The van der Waals surface area contributed by atoms with E-state index in [1.807, 2.05) is 19.1 Å². The zero-order valence-electron chi connectivity index (χ0n) is 10.6. The smallest absolute Gasteiger partial charge is 0.171 e. The van der Waals surface area contributed by atoms with Crippen molar-refractivity contribution in [1.82, 2.24) is 0 Å². The van der Waals surface area contributed by atoms with Crippen LogP contribution in [-0.4, -0.2) is 16.8 Å². The van der Waals surface area contributed by atoms with Crippen LogP contribution in [0.15, 0.2) is 28.3 Å². The van der Waals surface area contributed by atoms with E-state index < -0.39 is 0 Å². The summed E-state index contributed by atoms with van der Waals surface area (Å²) in [5, 5.41) is 11.8. The highest BCUT2D eigenvalue weighted by atomic mass is 32.2. The molecule has 1 rings (SSSR count). The van der Waals surface area contributed by atoms with Gasteiger partial charge in [-0.2, -0.15) is 0 Å². The van der Waals surface area contributed by atoms with Crippen molar-refractivity contribution in [3.8, 4) is 0 Å². The first-order valence-corrected chi connectivity index (χ1v) is 6.78. The van der Waals surface area contributed by atoms with Gasteiger partial charge in [-0.15, -0.1) is 11.8 Å². The SMILES string of the molecule is CCC(C)CSc1cc(C)ccc1/C(N)=N/O. The van der Waals surface area contributed by atoms with E-state index in [9.17, 15) is 0 Å². The summed E-state index contributed by atoms with van der Waals surface area (Å²) in [4.78, 5) is 1.08. The number of amidine groups is 1. The molecule has 0 aliphatic carbocycles. The minimum Gasteiger partial charge on any atom is -0.409 e. The van der Waals surface area contributed by atoms with E-state index in [2.05, 4.69) is 25.1 Å². The van der Waals surface area contributed by atoms with Crippen LogP contribution in [0.5, 0.6) is 0 Å². The zero-order valence-corrected chi connectivity index (χ0v) is 11.4. The summed E-state index contributed by atoms with van der Waals surface area (Å²) >= 11 is 1.77. The van der Waals surface area contributed by atoms with Crippen molar-refractivity contribution in [2.45, 2.75) is 32.1 Å². The molecule has 94 valence electrons. The first-order chi connectivity index (χ1) is 8.08. The lowest BCUT2D eigenvalue weighted by Crippen LogP contribution is -2.14. The summed E-state index contributed by atoms with van der Waals surface area (Å²) in [7, 11) is 0. The van der Waals surface area contributed by atoms with Gasteiger partial charge < -0.3 is 10.9 Å². The highest BCUT2D eigenvalue weighted by Gasteiger charge is 2.09. The van der Waals surface area contributed by atoms with Crippen LogP contribution in [-0.2, 0) is 0 Å². The fourth-order valence-corrected chi connectivity index (χ4v) is 2.66. The summed E-state index contributed by atoms with van der Waals surface area (Å²) in [5.41, 5.74) is 7.67. The Hall–Kier alpha value is -1.16. The lowest BCUT2D eigenvalue weighted by molar-refractivity contribution is 0.318. The van der Waals surface area contributed by atoms with Gasteiger partial charge in [0.15, 0.2) is 5.84 Å². The van der Waals surface area contributed by atoms with Crippen molar-refractivity contribution >= 4 is 17.6 Å². The van der Waals surface area contributed by atoms with Gasteiger partial charge in [0.1, 0.15) is 0 Å². The van der Waals surface area contributed by atoms with Gasteiger partial charge in [0, 0.05) is 16.2 Å². The van der Waals surface area contributed by atoms with Gasteiger partial charge in [0.05, 0.1) is 0 Å². The van der Waals surface area contributed by atoms with Gasteiger partial charge >= 0.3 is 0 Å². The molecule has 3 nitrogen and oxygen atoms in total. The van der Waals surface area contributed by atoms with Crippen LogP contribution in [0, 0.1) is 12.8 Å². The van der Waals surface area contributed by atoms with Crippen molar-refractivity contribution in [3.63, 3.8) is 0 Å². The van der Waals surface area contributed by atoms with Crippen LogP contribution in [0.25, 0.3) is 0 Å². The number of rotatable bonds is 5. The maximum Gasteiger partial charge on any atom is 0.171 e. The van der Waals surface area contributed by atoms with Gasteiger partial charge in [-0.05, 0) is 30.5 Å². The predicted octanol–water partition coefficient (Wildman–Crippen LogP) is 3.23. The molecule has 0 aromatic heterocycles. The molecule has 0 saturated heterocycles. The lowest BCUT2D eigenvalue weighted by Gasteiger charge is -2.12. The second-order valence-electron chi connectivity index (χ2n) is 4.31. The fraction of sp³-hybridized carbons (Fsp3) is 0.462. The summed E-state index contributed by atoms with van der Waals surface area (Å²) in [6.07, 6.45) is 1.16. The van der Waals surface area contributed by atoms with Gasteiger partial charge in [-0.1, -0.05) is 31.5 Å². The first-order valence-electron chi connectivity index (χ1n) is 5.79. The van der Waals surface area contributed by atoms with E-state index in [0.29, 0.717) is 5.92 Å². The average molecular weight is 252 g/mol. The van der Waals surface area contributed by atoms with E-state index in [1.54, 1.807) is 11.8 Å². The molecule has 0 radical (unpaired) electrons. The van der Waals surface area contributed by atoms with Crippen LogP contribution in [0.2, 0.25) is 0 Å². The van der Waals surface area contributed by atoms with E-state index in [0.717, 1.165) is 22.6 Å². The molecule has 0 aliphatic heterocycles. The monoisotopic (exact) mass is 252 g/mol. The standard InChI is InChI=1S/C13H20N2OS/c1-4-9(2)8-17-12-7-10(3)5-6-11(12)13(14)15-16/h5-7,9,16H,4,8H2,1-3H3,(H2,14,15). The molecule has 0 aliphatic rings. The highest BCUT2D eigenvalue weighted by Crippen LogP contribution is 2.26. The Morgan fingerprint density at radius 1 is 1.53 bits per heavy atom. The van der Waals surface area contributed by atoms with Crippen molar-refractivity contribution in [1.29, 1.82) is 0 Å². The topological polar surface area (TPSA) is 58.6 Å². The first kappa shape index (κ1) is 13.9. The van der Waals surface area contributed by atoms with Crippen LogP contribution in [0.3, 0.4) is 0 Å². The fourth-order valence-electron chi connectivity index (χ4n) is 1.36. The van der Waals surface area contributed by atoms with E-state index in [4.69, 9.17) is 10.9 Å². The number of nitrogens with zero attached hydrogens (tertiary/aromatic N) is 1. The van der Waals surface area contributed by atoms with Crippen molar-refractivity contribution in [2.24, 2.45) is 16.8 Å². The number of hydrogen-bond donors (Lipinski definition) is 2. The summed E-state index contributed by atoms with van der Waals surface area (Å²) in [5.74, 6) is 1.89. The number of benzene rings is 1. The normalized spacial score (nSPS) is 13.7. The molecule has 1 atom stereocenters. The molecule has 1 aromatic rings. The Labute approximate surface area is 107 Å². The minimum absolute atomic E-state index is 0.177. The number of aryl methyl sites for hydroxylation is 1. The average Bonchev–Trinajstić information content (AvgIpc) is 2.35. The second kappa shape index (κ2) is 6.55. The van der Waals surface area contributed by atoms with Gasteiger partial charge in [0.25, 0.3) is 0 Å². The number of hydrogen-bond acceptors (Lipinski definition) is 3. The third kappa shape index (κ3) is 3.97.